The zero-order chi connectivity index (χ0) is 16.5. The van der Waals surface area contributed by atoms with Crippen LogP contribution in [0.25, 0.3) is 0 Å². The largest absolute Gasteiger partial charge is 0.479 e. The molecule has 6 nitrogen and oxygen atoms in total. The van der Waals surface area contributed by atoms with Gasteiger partial charge < -0.3 is 14.4 Å². The number of carbonyl (C=O) groups excluding carboxylic acids is 2. The Labute approximate surface area is 130 Å². The molecule has 0 radical (unpaired) electrons. The Morgan fingerprint density at radius 1 is 1.23 bits per heavy atom. The van der Waals surface area contributed by atoms with E-state index in [1.165, 1.54) is 0 Å². The fourth-order valence-electron chi connectivity index (χ4n) is 1.78. The van der Waals surface area contributed by atoms with Gasteiger partial charge in [0.1, 0.15) is 5.75 Å². The van der Waals surface area contributed by atoms with Crippen LogP contribution >= 0.6 is 0 Å². The van der Waals surface area contributed by atoms with Crippen LogP contribution in [0.1, 0.15) is 26.3 Å². The van der Waals surface area contributed by atoms with E-state index in [9.17, 15) is 9.59 Å². The van der Waals surface area contributed by atoms with Gasteiger partial charge in [-0.1, -0.05) is 0 Å². The van der Waals surface area contributed by atoms with Crippen molar-refractivity contribution in [1.82, 2.24) is 4.90 Å². The fourth-order valence-corrected chi connectivity index (χ4v) is 1.78. The van der Waals surface area contributed by atoms with Crippen molar-refractivity contribution in [3.63, 3.8) is 0 Å². The van der Waals surface area contributed by atoms with E-state index in [1.807, 2.05) is 19.9 Å². The molecule has 0 N–H and O–H groups in total. The molecular formula is C16H20N2O4. The molecular weight excluding hydrogens is 284 g/mol. The van der Waals surface area contributed by atoms with Crippen LogP contribution in [0.5, 0.6) is 5.75 Å². The number of amides is 1. The second kappa shape index (κ2) is 8.67. The Balaban J connectivity index is 2.48. The van der Waals surface area contributed by atoms with Gasteiger partial charge in [0.15, 0.2) is 12.7 Å². The van der Waals surface area contributed by atoms with Crippen LogP contribution in [0.4, 0.5) is 0 Å². The molecule has 0 spiro atoms. The van der Waals surface area contributed by atoms with Crippen LogP contribution in [-0.4, -0.2) is 42.6 Å². The Morgan fingerprint density at radius 2 is 1.82 bits per heavy atom. The Hall–Kier alpha value is -2.55. The molecule has 22 heavy (non-hydrogen) atoms. The summed E-state index contributed by atoms with van der Waals surface area (Å²) in [5, 5.41) is 8.71. The summed E-state index contributed by atoms with van der Waals surface area (Å²) >= 11 is 0. The molecule has 0 saturated heterocycles. The second-order valence-corrected chi connectivity index (χ2v) is 4.57. The molecule has 1 amide bonds. The van der Waals surface area contributed by atoms with Crippen molar-refractivity contribution in [2.24, 2.45) is 0 Å². The molecule has 118 valence electrons. The van der Waals surface area contributed by atoms with Crippen LogP contribution in [-0.2, 0) is 14.3 Å². The average Bonchev–Trinajstić information content (AvgIpc) is 2.54. The van der Waals surface area contributed by atoms with E-state index in [4.69, 9.17) is 14.7 Å². The van der Waals surface area contributed by atoms with Crippen molar-refractivity contribution in [3.05, 3.63) is 29.8 Å². The minimum atomic E-state index is -0.836. The Morgan fingerprint density at radius 3 is 2.32 bits per heavy atom. The number of nitrogens with zero attached hydrogens (tertiary/aromatic N) is 2. The number of esters is 1. The number of likely N-dealkylation sites (N-methyl/N-ethyl adjacent to an activating group) is 1. The van der Waals surface area contributed by atoms with Gasteiger partial charge in [-0.15, -0.1) is 0 Å². The van der Waals surface area contributed by atoms with Gasteiger partial charge in [0, 0.05) is 13.1 Å². The van der Waals surface area contributed by atoms with Gasteiger partial charge in [-0.3, -0.25) is 4.79 Å². The van der Waals surface area contributed by atoms with E-state index in [2.05, 4.69) is 0 Å². The summed E-state index contributed by atoms with van der Waals surface area (Å²) in [5.41, 5.74) is 0.507. The van der Waals surface area contributed by atoms with Gasteiger partial charge in [-0.05, 0) is 45.0 Å². The van der Waals surface area contributed by atoms with E-state index in [1.54, 1.807) is 36.1 Å². The first kappa shape index (κ1) is 17.5. The predicted octanol–water partition coefficient (Wildman–Crippen LogP) is 1.74. The number of ether oxygens (including phenoxy) is 2. The van der Waals surface area contributed by atoms with Gasteiger partial charge in [0.25, 0.3) is 5.91 Å². The average molecular weight is 304 g/mol. The minimum absolute atomic E-state index is 0.232. The number of benzene rings is 1. The van der Waals surface area contributed by atoms with Crippen molar-refractivity contribution in [1.29, 1.82) is 5.26 Å². The molecule has 0 aliphatic carbocycles. The number of carbonyl (C=O) groups is 2. The van der Waals surface area contributed by atoms with Gasteiger partial charge in [-0.2, -0.15) is 5.26 Å². The van der Waals surface area contributed by atoms with E-state index < -0.39 is 12.1 Å². The van der Waals surface area contributed by atoms with Crippen molar-refractivity contribution in [2.75, 3.05) is 19.7 Å². The second-order valence-electron chi connectivity index (χ2n) is 4.57. The zero-order valence-electron chi connectivity index (χ0n) is 13.0. The number of nitriles is 1. The van der Waals surface area contributed by atoms with E-state index in [0.29, 0.717) is 24.4 Å². The zero-order valence-corrected chi connectivity index (χ0v) is 13.0. The number of hydrogen-bond acceptors (Lipinski definition) is 5. The van der Waals surface area contributed by atoms with Crippen LogP contribution in [0.2, 0.25) is 0 Å². The van der Waals surface area contributed by atoms with E-state index in [-0.39, 0.29) is 12.5 Å². The molecule has 1 atom stereocenters. The summed E-state index contributed by atoms with van der Waals surface area (Å²) in [6, 6.07) is 8.39. The minimum Gasteiger partial charge on any atom is -0.479 e. The third-order valence-electron chi connectivity index (χ3n) is 3.08. The van der Waals surface area contributed by atoms with E-state index in [0.717, 1.165) is 0 Å². The molecule has 0 aliphatic heterocycles. The van der Waals surface area contributed by atoms with Gasteiger partial charge in [0.2, 0.25) is 0 Å². The molecule has 6 heteroatoms. The van der Waals surface area contributed by atoms with Gasteiger partial charge >= 0.3 is 5.97 Å². The molecule has 0 aromatic heterocycles. The summed E-state index contributed by atoms with van der Waals surface area (Å²) in [5.74, 6) is -0.382. The van der Waals surface area contributed by atoms with Gasteiger partial charge in [0.05, 0.1) is 11.6 Å². The normalized spacial score (nSPS) is 11.2. The summed E-state index contributed by atoms with van der Waals surface area (Å²) in [6.07, 6.45) is -0.836. The summed E-state index contributed by atoms with van der Waals surface area (Å²) in [7, 11) is 0. The van der Waals surface area contributed by atoms with Gasteiger partial charge in [-0.25, -0.2) is 4.79 Å². The van der Waals surface area contributed by atoms with Crippen LogP contribution in [0.15, 0.2) is 24.3 Å². The molecule has 0 saturated carbocycles. The van der Waals surface area contributed by atoms with Crippen LogP contribution in [0.3, 0.4) is 0 Å². The molecule has 1 rings (SSSR count). The summed E-state index contributed by atoms with van der Waals surface area (Å²) in [4.78, 5) is 25.1. The highest BCUT2D eigenvalue weighted by Crippen LogP contribution is 2.13. The Kier molecular flexibility index (Phi) is 6.90. The molecule has 1 aromatic carbocycles. The molecule has 0 heterocycles. The maximum atomic E-state index is 11.8. The lowest BCUT2D eigenvalue weighted by Gasteiger charge is -2.19. The van der Waals surface area contributed by atoms with Crippen molar-refractivity contribution in [3.8, 4) is 11.8 Å². The Bertz CT molecular complexity index is 544. The quantitative estimate of drug-likeness (QED) is 0.717. The lowest BCUT2D eigenvalue weighted by molar-refractivity contribution is -0.157. The molecule has 0 unspecified atom stereocenters. The highest BCUT2D eigenvalue weighted by atomic mass is 16.6. The fraction of sp³-hybridized carbons (Fsp3) is 0.438. The summed E-state index contributed by atoms with van der Waals surface area (Å²) < 4.78 is 10.4. The maximum Gasteiger partial charge on any atom is 0.347 e. The maximum absolute atomic E-state index is 11.8. The first-order valence-corrected chi connectivity index (χ1v) is 7.13. The summed E-state index contributed by atoms with van der Waals surface area (Å²) in [6.45, 7) is 6.12. The lowest BCUT2D eigenvalue weighted by Crippen LogP contribution is -2.36. The van der Waals surface area contributed by atoms with Crippen LogP contribution < -0.4 is 4.74 Å². The third-order valence-corrected chi connectivity index (χ3v) is 3.08. The highest BCUT2D eigenvalue weighted by molar-refractivity contribution is 5.82. The molecule has 0 fully saturated rings. The highest BCUT2D eigenvalue weighted by Gasteiger charge is 2.19. The van der Waals surface area contributed by atoms with Crippen molar-refractivity contribution >= 4 is 11.9 Å². The number of rotatable bonds is 7. The van der Waals surface area contributed by atoms with Crippen molar-refractivity contribution < 1.29 is 19.1 Å². The van der Waals surface area contributed by atoms with E-state index >= 15 is 0 Å². The molecule has 0 aliphatic rings. The monoisotopic (exact) mass is 304 g/mol. The lowest BCUT2D eigenvalue weighted by atomic mass is 10.2. The first-order valence-electron chi connectivity index (χ1n) is 7.13. The predicted molar refractivity (Wildman–Crippen MR) is 80.1 cm³/mol. The standard InChI is InChI=1S/C16H20N2O4/c1-4-18(5-2)15(19)11-21-16(20)12(3)22-14-8-6-13(10-17)7-9-14/h6-9,12H,4-5,11H2,1-3H3/t12-/m1/s1. The smallest absolute Gasteiger partial charge is 0.347 e. The topological polar surface area (TPSA) is 79.6 Å². The first-order chi connectivity index (χ1) is 10.5. The van der Waals surface area contributed by atoms with Crippen LogP contribution in [0, 0.1) is 11.3 Å². The molecule has 0 bridgehead atoms. The SMILES string of the molecule is CCN(CC)C(=O)COC(=O)[C@@H](C)Oc1ccc(C#N)cc1. The molecule has 1 aromatic rings. The van der Waals surface area contributed by atoms with Crippen molar-refractivity contribution in [2.45, 2.75) is 26.9 Å². The number of hydrogen-bond donors (Lipinski definition) is 0. The third kappa shape index (κ3) is 5.09.